The Labute approximate surface area is 98.4 Å². The van der Waals surface area contributed by atoms with E-state index in [-0.39, 0.29) is 11.8 Å². The van der Waals surface area contributed by atoms with E-state index in [0.29, 0.717) is 6.04 Å². The van der Waals surface area contributed by atoms with Crippen molar-refractivity contribution in [2.24, 2.45) is 5.92 Å². The molecule has 0 aliphatic carbocycles. The maximum absolute atomic E-state index is 11.9. The summed E-state index contributed by atoms with van der Waals surface area (Å²) in [4.78, 5) is 13.8. The highest BCUT2D eigenvalue weighted by molar-refractivity contribution is 9.10. The lowest BCUT2D eigenvalue weighted by molar-refractivity contribution is -0.119. The van der Waals surface area contributed by atoms with E-state index in [2.05, 4.69) is 22.9 Å². The van der Waals surface area contributed by atoms with Crippen LogP contribution in [0.1, 0.15) is 20.3 Å². The molecule has 1 fully saturated rings. The summed E-state index contributed by atoms with van der Waals surface area (Å²) < 4.78 is 1.04. The molecule has 1 heterocycles. The Bertz CT molecular complexity index is 374. The van der Waals surface area contributed by atoms with E-state index >= 15 is 0 Å². The fraction of sp³-hybridized carbons (Fsp3) is 0.417. The quantitative estimate of drug-likeness (QED) is 0.765. The van der Waals surface area contributed by atoms with Crippen LogP contribution in [0, 0.1) is 5.92 Å². The molecule has 2 unspecified atom stereocenters. The van der Waals surface area contributed by atoms with Crippen molar-refractivity contribution in [1.82, 2.24) is 0 Å². The SMILES string of the molecule is CC1CC(C)N(c2ccc(Br)cc2)C1=O. The first-order valence-electron chi connectivity index (χ1n) is 5.18. The monoisotopic (exact) mass is 267 g/mol. The Kier molecular flexibility index (Phi) is 2.83. The lowest BCUT2D eigenvalue weighted by Crippen LogP contribution is -2.31. The van der Waals surface area contributed by atoms with Crippen molar-refractivity contribution in [3.05, 3.63) is 28.7 Å². The lowest BCUT2D eigenvalue weighted by atomic mass is 10.1. The number of nitrogens with zero attached hydrogens (tertiary/aromatic N) is 1. The van der Waals surface area contributed by atoms with Crippen molar-refractivity contribution in [2.75, 3.05) is 4.90 Å². The molecule has 0 saturated carbocycles. The third-order valence-electron chi connectivity index (χ3n) is 2.90. The molecule has 1 amide bonds. The molecule has 1 saturated heterocycles. The summed E-state index contributed by atoms with van der Waals surface area (Å²) in [5, 5.41) is 0. The van der Waals surface area contributed by atoms with Crippen molar-refractivity contribution in [1.29, 1.82) is 0 Å². The van der Waals surface area contributed by atoms with Gasteiger partial charge in [0.25, 0.3) is 0 Å². The van der Waals surface area contributed by atoms with Crippen LogP contribution < -0.4 is 4.90 Å². The third-order valence-corrected chi connectivity index (χ3v) is 3.43. The van der Waals surface area contributed by atoms with Crippen LogP contribution in [0.4, 0.5) is 5.69 Å². The number of anilines is 1. The van der Waals surface area contributed by atoms with E-state index in [1.54, 1.807) is 0 Å². The third kappa shape index (κ3) is 1.93. The number of carbonyl (C=O) groups excluding carboxylic acids is 1. The van der Waals surface area contributed by atoms with E-state index in [9.17, 15) is 4.79 Å². The van der Waals surface area contributed by atoms with Gasteiger partial charge in [-0.1, -0.05) is 22.9 Å². The minimum Gasteiger partial charge on any atom is -0.309 e. The van der Waals surface area contributed by atoms with Crippen molar-refractivity contribution in [3.8, 4) is 0 Å². The minimum atomic E-state index is 0.156. The van der Waals surface area contributed by atoms with Gasteiger partial charge in [-0.05, 0) is 37.6 Å². The van der Waals surface area contributed by atoms with Gasteiger partial charge in [-0.3, -0.25) is 4.79 Å². The molecular formula is C12H14BrNO. The Morgan fingerprint density at radius 1 is 1.27 bits per heavy atom. The van der Waals surface area contributed by atoms with Crippen molar-refractivity contribution in [3.63, 3.8) is 0 Å². The second-order valence-electron chi connectivity index (χ2n) is 4.17. The molecule has 2 nitrogen and oxygen atoms in total. The van der Waals surface area contributed by atoms with E-state index in [1.807, 2.05) is 36.1 Å². The Morgan fingerprint density at radius 2 is 1.87 bits per heavy atom. The fourth-order valence-electron chi connectivity index (χ4n) is 2.16. The standard InChI is InChI=1S/C12H14BrNO/c1-8-7-9(2)14(12(8)15)11-5-3-10(13)4-6-11/h3-6,8-9H,7H2,1-2H3. The predicted molar refractivity (Wildman–Crippen MR) is 64.9 cm³/mol. The molecule has 1 aliphatic rings. The second kappa shape index (κ2) is 3.97. The van der Waals surface area contributed by atoms with Crippen LogP contribution in [0.3, 0.4) is 0 Å². The largest absolute Gasteiger partial charge is 0.309 e. The highest BCUT2D eigenvalue weighted by Crippen LogP contribution is 2.30. The molecule has 1 aliphatic heterocycles. The minimum absolute atomic E-state index is 0.156. The van der Waals surface area contributed by atoms with Gasteiger partial charge in [0.05, 0.1) is 0 Å². The zero-order valence-electron chi connectivity index (χ0n) is 8.90. The van der Waals surface area contributed by atoms with Crippen molar-refractivity contribution < 1.29 is 4.79 Å². The highest BCUT2D eigenvalue weighted by Gasteiger charge is 2.34. The fourth-order valence-corrected chi connectivity index (χ4v) is 2.42. The molecule has 0 aromatic heterocycles. The van der Waals surface area contributed by atoms with Gasteiger partial charge in [0.1, 0.15) is 0 Å². The molecule has 2 rings (SSSR count). The normalized spacial score (nSPS) is 26.1. The van der Waals surface area contributed by atoms with Crippen molar-refractivity contribution >= 4 is 27.5 Å². The molecule has 2 atom stereocenters. The summed E-state index contributed by atoms with van der Waals surface area (Å²) in [6.45, 7) is 4.10. The molecule has 1 aromatic rings. The number of hydrogen-bond donors (Lipinski definition) is 0. The van der Waals surface area contributed by atoms with Gasteiger partial charge >= 0.3 is 0 Å². The number of rotatable bonds is 1. The van der Waals surface area contributed by atoms with Crippen molar-refractivity contribution in [2.45, 2.75) is 26.3 Å². The Balaban J connectivity index is 2.31. The van der Waals surface area contributed by atoms with Gasteiger partial charge in [0.15, 0.2) is 0 Å². The number of carbonyl (C=O) groups is 1. The van der Waals surface area contributed by atoms with Gasteiger partial charge in [-0.2, -0.15) is 0 Å². The molecule has 3 heteroatoms. The molecule has 0 spiro atoms. The maximum Gasteiger partial charge on any atom is 0.230 e. The summed E-state index contributed by atoms with van der Waals surface area (Å²) >= 11 is 3.39. The second-order valence-corrected chi connectivity index (χ2v) is 5.09. The number of amides is 1. The summed E-state index contributed by atoms with van der Waals surface area (Å²) in [5.74, 6) is 0.397. The molecule has 1 aromatic carbocycles. The van der Waals surface area contributed by atoms with E-state index < -0.39 is 0 Å². The average molecular weight is 268 g/mol. The van der Waals surface area contributed by atoms with Crippen LogP contribution >= 0.6 is 15.9 Å². The first kappa shape index (κ1) is 10.7. The van der Waals surface area contributed by atoms with Crippen LogP contribution in [0.2, 0.25) is 0 Å². The zero-order valence-corrected chi connectivity index (χ0v) is 10.5. The molecule has 80 valence electrons. The average Bonchev–Trinajstić information content (AvgIpc) is 2.44. The Morgan fingerprint density at radius 3 is 2.33 bits per heavy atom. The number of halogens is 1. The van der Waals surface area contributed by atoms with E-state index in [4.69, 9.17) is 0 Å². The topological polar surface area (TPSA) is 20.3 Å². The first-order valence-corrected chi connectivity index (χ1v) is 5.97. The summed E-state index contributed by atoms with van der Waals surface area (Å²) in [6, 6.07) is 8.22. The van der Waals surface area contributed by atoms with Gasteiger partial charge < -0.3 is 4.90 Å². The van der Waals surface area contributed by atoms with Gasteiger partial charge in [0, 0.05) is 22.1 Å². The number of benzene rings is 1. The van der Waals surface area contributed by atoms with Crippen LogP contribution in [0.15, 0.2) is 28.7 Å². The van der Waals surface area contributed by atoms with Crippen LogP contribution in [-0.4, -0.2) is 11.9 Å². The van der Waals surface area contributed by atoms with Gasteiger partial charge in [-0.15, -0.1) is 0 Å². The Hall–Kier alpha value is -0.830. The summed E-state index contributed by atoms with van der Waals surface area (Å²) in [5.41, 5.74) is 1.00. The van der Waals surface area contributed by atoms with Crippen LogP contribution in [0.25, 0.3) is 0 Å². The maximum atomic E-state index is 11.9. The van der Waals surface area contributed by atoms with Gasteiger partial charge in [0.2, 0.25) is 5.91 Å². The smallest absolute Gasteiger partial charge is 0.230 e. The first-order chi connectivity index (χ1) is 7.09. The van der Waals surface area contributed by atoms with Gasteiger partial charge in [-0.25, -0.2) is 0 Å². The van der Waals surface area contributed by atoms with Crippen LogP contribution in [0.5, 0.6) is 0 Å². The lowest BCUT2D eigenvalue weighted by Gasteiger charge is -2.21. The zero-order chi connectivity index (χ0) is 11.0. The predicted octanol–water partition coefficient (Wildman–Crippen LogP) is 3.21. The summed E-state index contributed by atoms with van der Waals surface area (Å²) in [6.07, 6.45) is 0.953. The highest BCUT2D eigenvalue weighted by atomic mass is 79.9. The van der Waals surface area contributed by atoms with E-state index in [1.165, 1.54) is 0 Å². The van der Waals surface area contributed by atoms with E-state index in [0.717, 1.165) is 16.6 Å². The van der Waals surface area contributed by atoms with Crippen LogP contribution in [-0.2, 0) is 4.79 Å². The summed E-state index contributed by atoms with van der Waals surface area (Å²) in [7, 11) is 0. The molecule has 0 N–H and O–H groups in total. The molecule has 0 bridgehead atoms. The molecule has 15 heavy (non-hydrogen) atoms. The molecular weight excluding hydrogens is 254 g/mol. The number of hydrogen-bond acceptors (Lipinski definition) is 1. The molecule has 0 radical (unpaired) electrons.